The van der Waals surface area contributed by atoms with Crippen molar-refractivity contribution in [3.8, 4) is 0 Å². The molecule has 0 N–H and O–H groups in total. The van der Waals surface area contributed by atoms with Crippen molar-refractivity contribution in [3.05, 3.63) is 34.9 Å². The van der Waals surface area contributed by atoms with Crippen molar-refractivity contribution in [2.75, 3.05) is 0 Å². The molecule has 0 saturated heterocycles. The molecule has 0 bridgehead atoms. The number of hydrogen-bond donors (Lipinski definition) is 0. The Labute approximate surface area is 76.4 Å². The van der Waals surface area contributed by atoms with Gasteiger partial charge >= 0.3 is 0 Å². The quantitative estimate of drug-likeness (QED) is 0.640. The monoisotopic (exact) mass is 180 g/mol. The first kappa shape index (κ1) is 7.81. The van der Waals surface area contributed by atoms with Crippen LogP contribution in [0.5, 0.6) is 0 Å². The predicted octanol–water partition coefficient (Wildman–Crippen LogP) is 2.64. The minimum absolute atomic E-state index is 0.256. The molecule has 0 aromatic heterocycles. The first-order valence-electron chi connectivity index (χ1n) is 4.02. The van der Waals surface area contributed by atoms with Crippen LogP contribution in [0.25, 0.3) is 0 Å². The van der Waals surface area contributed by atoms with E-state index < -0.39 is 0 Å². The highest BCUT2D eigenvalue weighted by molar-refractivity contribution is 6.30. The lowest BCUT2D eigenvalue weighted by Gasteiger charge is -1.96. The summed E-state index contributed by atoms with van der Waals surface area (Å²) in [6.07, 6.45) is 2.05. The Bertz CT molecular complexity index is 291. The summed E-state index contributed by atoms with van der Waals surface area (Å²) in [5.41, 5.74) is 1.23. The fourth-order valence-electron chi connectivity index (χ4n) is 1.46. The zero-order chi connectivity index (χ0) is 8.55. The number of carbonyl (C=O) groups excluding carboxylic acids is 1. The molecule has 0 aliphatic heterocycles. The standard InChI is InChI=1S/C10H9ClO/c11-9-3-1-7(2-4-9)10-5-8(10)6-12/h1-4,6,8,10H,5H2/t8-,10-/m0/s1. The second kappa shape index (κ2) is 2.91. The van der Waals surface area contributed by atoms with E-state index >= 15 is 0 Å². The molecule has 1 saturated carbocycles. The van der Waals surface area contributed by atoms with E-state index in [1.807, 2.05) is 24.3 Å². The third-order valence-electron chi connectivity index (χ3n) is 2.31. The van der Waals surface area contributed by atoms with Crippen LogP contribution in [0.15, 0.2) is 24.3 Å². The number of carbonyl (C=O) groups is 1. The van der Waals surface area contributed by atoms with E-state index in [1.165, 1.54) is 5.56 Å². The van der Waals surface area contributed by atoms with E-state index in [0.29, 0.717) is 5.92 Å². The highest BCUT2D eigenvalue weighted by Crippen LogP contribution is 2.45. The van der Waals surface area contributed by atoms with Gasteiger partial charge in [-0.3, -0.25) is 0 Å². The Balaban J connectivity index is 2.15. The molecule has 1 nitrogen and oxygen atoms in total. The normalized spacial score (nSPS) is 26.8. The molecule has 2 rings (SSSR count). The molecule has 1 aliphatic rings. The van der Waals surface area contributed by atoms with Gasteiger partial charge in [-0.25, -0.2) is 0 Å². The van der Waals surface area contributed by atoms with Gasteiger partial charge in [0.1, 0.15) is 6.29 Å². The fraction of sp³-hybridized carbons (Fsp3) is 0.300. The van der Waals surface area contributed by atoms with Gasteiger partial charge in [0.2, 0.25) is 0 Å². The van der Waals surface area contributed by atoms with Gasteiger partial charge in [-0.05, 0) is 30.0 Å². The Kier molecular flexibility index (Phi) is 1.89. The maximum Gasteiger partial charge on any atom is 0.123 e. The van der Waals surface area contributed by atoms with Gasteiger partial charge < -0.3 is 4.79 Å². The summed E-state index contributed by atoms with van der Waals surface area (Å²) in [7, 11) is 0. The molecule has 2 atom stereocenters. The first-order chi connectivity index (χ1) is 5.81. The van der Waals surface area contributed by atoms with Crippen molar-refractivity contribution >= 4 is 17.9 Å². The van der Waals surface area contributed by atoms with Crippen molar-refractivity contribution in [2.45, 2.75) is 12.3 Å². The van der Waals surface area contributed by atoms with Crippen molar-refractivity contribution < 1.29 is 4.79 Å². The molecule has 0 radical (unpaired) electrons. The minimum Gasteiger partial charge on any atom is -0.303 e. The molecule has 0 amide bonds. The number of hydrogen-bond acceptors (Lipinski definition) is 1. The van der Waals surface area contributed by atoms with Crippen LogP contribution in [0.2, 0.25) is 5.02 Å². The summed E-state index contributed by atoms with van der Waals surface area (Å²) >= 11 is 5.74. The second-order valence-electron chi connectivity index (χ2n) is 3.19. The van der Waals surface area contributed by atoms with Gasteiger partial charge in [0.15, 0.2) is 0 Å². The van der Waals surface area contributed by atoms with Gasteiger partial charge in [-0.15, -0.1) is 0 Å². The summed E-state index contributed by atoms with van der Waals surface area (Å²) in [6.45, 7) is 0. The largest absolute Gasteiger partial charge is 0.303 e. The van der Waals surface area contributed by atoms with Crippen LogP contribution in [-0.4, -0.2) is 6.29 Å². The van der Waals surface area contributed by atoms with Crippen LogP contribution in [0.3, 0.4) is 0 Å². The van der Waals surface area contributed by atoms with E-state index in [1.54, 1.807) is 0 Å². The molecule has 1 aromatic rings. The van der Waals surface area contributed by atoms with Crippen molar-refractivity contribution in [2.24, 2.45) is 5.92 Å². The Morgan fingerprint density at radius 2 is 2.00 bits per heavy atom. The lowest BCUT2D eigenvalue weighted by Crippen LogP contribution is -1.83. The van der Waals surface area contributed by atoms with E-state index in [4.69, 9.17) is 11.6 Å². The van der Waals surface area contributed by atoms with Crippen LogP contribution in [0, 0.1) is 5.92 Å². The van der Waals surface area contributed by atoms with Crippen LogP contribution in [0.4, 0.5) is 0 Å². The van der Waals surface area contributed by atoms with Gasteiger partial charge in [0.25, 0.3) is 0 Å². The molecule has 12 heavy (non-hydrogen) atoms. The fourth-order valence-corrected chi connectivity index (χ4v) is 1.58. The Hall–Kier alpha value is -0.820. The Morgan fingerprint density at radius 1 is 1.33 bits per heavy atom. The summed E-state index contributed by atoms with van der Waals surface area (Å²) in [4.78, 5) is 10.4. The van der Waals surface area contributed by atoms with Crippen LogP contribution in [-0.2, 0) is 4.79 Å². The second-order valence-corrected chi connectivity index (χ2v) is 3.63. The van der Waals surface area contributed by atoms with Gasteiger partial charge in [0, 0.05) is 10.9 Å². The van der Waals surface area contributed by atoms with E-state index in [0.717, 1.165) is 17.7 Å². The number of halogens is 1. The zero-order valence-corrected chi connectivity index (χ0v) is 7.29. The topological polar surface area (TPSA) is 17.1 Å². The van der Waals surface area contributed by atoms with Gasteiger partial charge in [-0.2, -0.15) is 0 Å². The average molecular weight is 181 g/mol. The molecule has 0 spiro atoms. The van der Waals surface area contributed by atoms with Crippen molar-refractivity contribution in [1.29, 1.82) is 0 Å². The third-order valence-corrected chi connectivity index (χ3v) is 2.56. The SMILES string of the molecule is O=C[C@@H]1C[C@H]1c1ccc(Cl)cc1. The van der Waals surface area contributed by atoms with Crippen molar-refractivity contribution in [3.63, 3.8) is 0 Å². The van der Waals surface area contributed by atoms with Crippen molar-refractivity contribution in [1.82, 2.24) is 0 Å². The van der Waals surface area contributed by atoms with E-state index in [-0.39, 0.29) is 5.92 Å². The Morgan fingerprint density at radius 3 is 2.50 bits per heavy atom. The lowest BCUT2D eigenvalue weighted by molar-refractivity contribution is -0.108. The van der Waals surface area contributed by atoms with Crippen LogP contribution in [0.1, 0.15) is 17.9 Å². The van der Waals surface area contributed by atoms with E-state index in [2.05, 4.69) is 0 Å². The molecule has 0 heterocycles. The summed E-state index contributed by atoms with van der Waals surface area (Å²) in [5.74, 6) is 0.714. The van der Waals surface area contributed by atoms with Gasteiger partial charge in [-0.1, -0.05) is 23.7 Å². The number of aldehydes is 1. The molecule has 1 aromatic carbocycles. The molecule has 1 fully saturated rings. The smallest absolute Gasteiger partial charge is 0.123 e. The summed E-state index contributed by atoms with van der Waals surface area (Å²) in [6, 6.07) is 7.74. The minimum atomic E-state index is 0.256. The highest BCUT2D eigenvalue weighted by atomic mass is 35.5. The maximum absolute atomic E-state index is 10.4. The molecular formula is C10H9ClO. The predicted molar refractivity (Wildman–Crippen MR) is 48.4 cm³/mol. The highest BCUT2D eigenvalue weighted by Gasteiger charge is 2.37. The zero-order valence-electron chi connectivity index (χ0n) is 6.53. The molecular weight excluding hydrogens is 172 g/mol. The molecule has 2 heteroatoms. The van der Waals surface area contributed by atoms with Gasteiger partial charge in [0.05, 0.1) is 0 Å². The average Bonchev–Trinajstić information content (AvgIpc) is 2.85. The summed E-state index contributed by atoms with van der Waals surface area (Å²) < 4.78 is 0. The third kappa shape index (κ3) is 1.37. The number of benzene rings is 1. The summed E-state index contributed by atoms with van der Waals surface area (Å²) in [5, 5.41) is 0.752. The molecule has 62 valence electrons. The van der Waals surface area contributed by atoms with Crippen LogP contribution >= 0.6 is 11.6 Å². The molecule has 1 aliphatic carbocycles. The number of rotatable bonds is 2. The first-order valence-corrected chi connectivity index (χ1v) is 4.40. The van der Waals surface area contributed by atoms with E-state index in [9.17, 15) is 4.79 Å². The lowest BCUT2D eigenvalue weighted by atomic mass is 10.1. The van der Waals surface area contributed by atoms with Crippen LogP contribution < -0.4 is 0 Å². The molecule has 0 unspecified atom stereocenters. The maximum atomic E-state index is 10.4.